The van der Waals surface area contributed by atoms with Crippen molar-refractivity contribution in [2.75, 3.05) is 39.3 Å². The van der Waals surface area contributed by atoms with E-state index in [1.165, 1.54) is 0 Å². The summed E-state index contributed by atoms with van der Waals surface area (Å²) in [6, 6.07) is 0.646. The van der Waals surface area contributed by atoms with Crippen LogP contribution in [0.25, 0.3) is 0 Å². The summed E-state index contributed by atoms with van der Waals surface area (Å²) < 4.78 is 28.8. The van der Waals surface area contributed by atoms with Crippen LogP contribution in [-0.4, -0.2) is 48.1 Å². The van der Waals surface area contributed by atoms with E-state index in [0.29, 0.717) is 32.0 Å². The van der Waals surface area contributed by atoms with Crippen LogP contribution in [0.3, 0.4) is 0 Å². The van der Waals surface area contributed by atoms with Crippen molar-refractivity contribution < 1.29 is 17.8 Å². The van der Waals surface area contributed by atoms with Gasteiger partial charge in [0.1, 0.15) is 0 Å². The largest absolute Gasteiger partial charge is 0.501 e. The molecule has 0 fully saturated rings. The molecule has 6 heteroatoms. The molecule has 4 nitrogen and oxygen atoms in total. The summed E-state index contributed by atoms with van der Waals surface area (Å²) in [5.74, 6) is 0. The van der Waals surface area contributed by atoms with Gasteiger partial charge < -0.3 is 17.8 Å². The first kappa shape index (κ1) is 16.3. The fourth-order valence-electron chi connectivity index (χ4n) is 1.41. The molecule has 0 aromatic rings. The number of rotatable bonds is 9. The molecule has 0 N–H and O–H groups in total. The van der Waals surface area contributed by atoms with E-state index < -0.39 is 15.9 Å². The van der Waals surface area contributed by atoms with Gasteiger partial charge in [0, 0.05) is 32.0 Å². The third kappa shape index (κ3) is 6.81. The van der Waals surface area contributed by atoms with E-state index >= 15 is 0 Å². The fourth-order valence-corrected chi connectivity index (χ4v) is 6.66. The molecule has 0 radical (unpaired) electrons. The van der Waals surface area contributed by atoms with Crippen LogP contribution in [0.5, 0.6) is 0 Å². The van der Waals surface area contributed by atoms with Gasteiger partial charge in [-0.2, -0.15) is 0 Å². The normalized spacial score (nSPS) is 13.1. The summed E-state index contributed by atoms with van der Waals surface area (Å²) in [7, 11) is -4.62. The Morgan fingerprint density at radius 3 is 1.56 bits per heavy atom. The van der Waals surface area contributed by atoms with Gasteiger partial charge in [0.2, 0.25) is 0 Å². The fraction of sp³-hybridized carbons (Fsp3) is 1.00. The molecule has 0 saturated carbocycles. The monoisotopic (exact) mass is 268 g/mol. The van der Waals surface area contributed by atoms with E-state index in [-0.39, 0.29) is 0 Å². The van der Waals surface area contributed by atoms with E-state index in [4.69, 9.17) is 13.3 Å². The summed E-state index contributed by atoms with van der Waals surface area (Å²) in [5.41, 5.74) is 0. The summed E-state index contributed by atoms with van der Waals surface area (Å²) in [6.45, 7) is 11.1. The molecular formula is C10H25O4PSi. The smallest absolute Gasteiger partial charge is 0.374 e. The van der Waals surface area contributed by atoms with Crippen LogP contribution >= 0.6 is 7.14 Å². The minimum absolute atomic E-state index is 0.573. The van der Waals surface area contributed by atoms with Crippen molar-refractivity contribution in [3.05, 3.63) is 0 Å². The molecule has 0 aliphatic carbocycles. The molecule has 0 aromatic heterocycles. The van der Waals surface area contributed by atoms with Crippen molar-refractivity contribution in [1.29, 1.82) is 0 Å². The zero-order chi connectivity index (χ0) is 12.7. The van der Waals surface area contributed by atoms with Crippen LogP contribution in [0.2, 0.25) is 6.04 Å². The Morgan fingerprint density at radius 2 is 1.31 bits per heavy atom. The second-order valence-corrected chi connectivity index (χ2v) is 10.4. The van der Waals surface area contributed by atoms with Gasteiger partial charge in [0.05, 0.1) is 7.14 Å². The Kier molecular flexibility index (Phi) is 7.77. The van der Waals surface area contributed by atoms with Gasteiger partial charge >= 0.3 is 8.80 Å². The summed E-state index contributed by atoms with van der Waals surface area (Å²) in [5, 5.41) is 0. The summed E-state index contributed by atoms with van der Waals surface area (Å²) in [6.07, 6.45) is 0.624. The Bertz CT molecular complexity index is 212. The van der Waals surface area contributed by atoms with Crippen molar-refractivity contribution >= 4 is 15.9 Å². The topological polar surface area (TPSA) is 44.8 Å². The third-order valence-electron chi connectivity index (χ3n) is 2.05. The molecular weight excluding hydrogens is 243 g/mol. The molecule has 0 aliphatic rings. The summed E-state index contributed by atoms with van der Waals surface area (Å²) in [4.78, 5) is 0. The lowest BCUT2D eigenvalue weighted by Crippen LogP contribution is -2.46. The highest BCUT2D eigenvalue weighted by Crippen LogP contribution is 2.38. The second-order valence-electron chi connectivity index (χ2n) is 4.03. The molecule has 0 rings (SSSR count). The molecule has 0 unspecified atom stereocenters. The first-order valence-electron chi connectivity index (χ1n) is 5.85. The van der Waals surface area contributed by atoms with Crippen LogP contribution in [-0.2, 0) is 17.8 Å². The molecule has 0 aliphatic heterocycles. The van der Waals surface area contributed by atoms with Crippen LogP contribution in [0, 0.1) is 0 Å². The van der Waals surface area contributed by atoms with Gasteiger partial charge in [-0.05, 0) is 34.1 Å². The van der Waals surface area contributed by atoms with Gasteiger partial charge in [-0.15, -0.1) is 0 Å². The second kappa shape index (κ2) is 7.61. The number of hydrogen-bond acceptors (Lipinski definition) is 4. The quantitative estimate of drug-likeness (QED) is 0.476. The maximum Gasteiger partial charge on any atom is 0.501 e. The van der Waals surface area contributed by atoms with Crippen molar-refractivity contribution in [2.24, 2.45) is 0 Å². The molecule has 16 heavy (non-hydrogen) atoms. The van der Waals surface area contributed by atoms with Crippen LogP contribution < -0.4 is 0 Å². The van der Waals surface area contributed by atoms with Gasteiger partial charge in [-0.1, -0.05) is 0 Å². The average Bonchev–Trinajstić information content (AvgIpc) is 2.15. The maximum atomic E-state index is 11.7. The molecule has 0 atom stereocenters. The Labute approximate surface area is 100 Å². The molecule has 0 aromatic carbocycles. The lowest BCUT2D eigenvalue weighted by atomic mass is 10.9. The minimum atomic E-state index is -2.58. The van der Waals surface area contributed by atoms with E-state index in [1.54, 1.807) is 13.3 Å². The number of hydrogen-bond donors (Lipinski definition) is 0. The lowest BCUT2D eigenvalue weighted by molar-refractivity contribution is 0.0727. The van der Waals surface area contributed by atoms with Crippen molar-refractivity contribution in [1.82, 2.24) is 0 Å². The van der Waals surface area contributed by atoms with Crippen LogP contribution in [0.1, 0.15) is 20.8 Å². The lowest BCUT2D eigenvalue weighted by Gasteiger charge is -2.28. The molecule has 0 amide bonds. The molecule has 0 spiro atoms. The Morgan fingerprint density at radius 1 is 0.938 bits per heavy atom. The highest BCUT2D eigenvalue weighted by atomic mass is 31.2. The zero-order valence-corrected chi connectivity index (χ0v) is 13.0. The molecule has 98 valence electrons. The first-order valence-corrected chi connectivity index (χ1v) is 10.6. The molecule has 0 bridgehead atoms. The van der Waals surface area contributed by atoms with Gasteiger partial charge in [-0.3, -0.25) is 0 Å². The van der Waals surface area contributed by atoms with Gasteiger partial charge in [0.25, 0.3) is 0 Å². The van der Waals surface area contributed by atoms with Crippen molar-refractivity contribution in [2.45, 2.75) is 26.8 Å². The molecule has 0 saturated heterocycles. The zero-order valence-electron chi connectivity index (χ0n) is 11.1. The predicted octanol–water partition coefficient (Wildman–Crippen LogP) is 2.66. The highest BCUT2D eigenvalue weighted by molar-refractivity contribution is 7.62. The van der Waals surface area contributed by atoms with E-state index in [2.05, 4.69) is 0 Å². The van der Waals surface area contributed by atoms with E-state index in [1.807, 2.05) is 20.8 Å². The highest BCUT2D eigenvalue weighted by Gasteiger charge is 2.40. The van der Waals surface area contributed by atoms with E-state index in [0.717, 1.165) is 0 Å². The molecule has 0 heterocycles. The SMILES string of the molecule is CCO[Si](CCP(C)(C)=O)(OCC)OCC. The minimum Gasteiger partial charge on any atom is -0.374 e. The summed E-state index contributed by atoms with van der Waals surface area (Å²) >= 11 is 0. The van der Waals surface area contributed by atoms with Crippen LogP contribution in [0.15, 0.2) is 0 Å². The predicted molar refractivity (Wildman–Crippen MR) is 69.8 cm³/mol. The van der Waals surface area contributed by atoms with E-state index in [9.17, 15) is 4.57 Å². The van der Waals surface area contributed by atoms with Gasteiger partial charge in [-0.25, -0.2) is 0 Å². The first-order chi connectivity index (χ1) is 7.39. The van der Waals surface area contributed by atoms with Gasteiger partial charge in [0.15, 0.2) is 0 Å². The van der Waals surface area contributed by atoms with Crippen molar-refractivity contribution in [3.8, 4) is 0 Å². The van der Waals surface area contributed by atoms with Crippen molar-refractivity contribution in [3.63, 3.8) is 0 Å². The maximum absolute atomic E-state index is 11.7. The average molecular weight is 268 g/mol. The standard InChI is InChI=1S/C10H25O4PSi/c1-6-12-16(13-7-2,14-8-3)10-9-15(4,5)11/h6-10H2,1-5H3. The third-order valence-corrected chi connectivity index (χ3v) is 6.82. The van der Waals surface area contributed by atoms with Crippen LogP contribution in [0.4, 0.5) is 0 Å². The Balaban J connectivity index is 4.52. The Hall–Kier alpha value is 0.327.